The highest BCUT2D eigenvalue weighted by atomic mass is 19.1. The van der Waals surface area contributed by atoms with Gasteiger partial charge in [0.25, 0.3) is 5.91 Å². The molecule has 142 valence electrons. The number of carbonyl (C=O) groups is 1. The molecule has 0 aliphatic heterocycles. The maximum absolute atomic E-state index is 14.4. The lowest BCUT2D eigenvalue weighted by Gasteiger charge is -2.07. The van der Waals surface area contributed by atoms with Crippen LogP contribution in [0.25, 0.3) is 16.7 Å². The summed E-state index contributed by atoms with van der Waals surface area (Å²) in [7, 11) is 0. The lowest BCUT2D eigenvalue weighted by atomic mass is 10.1. The monoisotopic (exact) mass is 379 g/mol. The topological polar surface area (TPSA) is 85.8 Å². The van der Waals surface area contributed by atoms with Crippen LogP contribution in [0.2, 0.25) is 0 Å². The van der Waals surface area contributed by atoms with Crippen molar-refractivity contribution in [2.45, 2.75) is 26.7 Å². The molecule has 1 amide bonds. The number of amides is 1. The molecule has 0 saturated heterocycles. The van der Waals surface area contributed by atoms with E-state index in [0.29, 0.717) is 23.1 Å². The van der Waals surface area contributed by atoms with Gasteiger partial charge in [-0.3, -0.25) is 4.79 Å². The van der Waals surface area contributed by atoms with Crippen molar-refractivity contribution in [3.8, 4) is 5.69 Å². The highest BCUT2D eigenvalue weighted by Crippen LogP contribution is 2.23. The number of carbonyl (C=O) groups excluding carboxylic acids is 1. The summed E-state index contributed by atoms with van der Waals surface area (Å²) in [5.74, 6) is -0.132. The first kappa shape index (κ1) is 17.8. The van der Waals surface area contributed by atoms with Gasteiger partial charge in [-0.05, 0) is 35.7 Å². The molecule has 1 N–H and O–H groups in total. The van der Waals surface area contributed by atoms with Gasteiger partial charge in [-0.25, -0.2) is 19.0 Å². The van der Waals surface area contributed by atoms with E-state index in [9.17, 15) is 9.18 Å². The molecule has 7 nitrogen and oxygen atoms in total. The standard InChI is InChI=1S/C20H18FN5O2/c1-11(2)13-6-14-10-26(25-19(14)23-8-13)17-7-15(4-5-16(17)21)24-20(27)18-9-22-12(3)28-18/h4-11H,1-3H3,(H,24,27). The van der Waals surface area contributed by atoms with E-state index in [2.05, 4.69) is 34.2 Å². The number of aromatic nitrogens is 4. The number of hydrogen-bond acceptors (Lipinski definition) is 5. The Morgan fingerprint density at radius 2 is 2.04 bits per heavy atom. The van der Waals surface area contributed by atoms with Crippen molar-refractivity contribution in [1.29, 1.82) is 0 Å². The minimum Gasteiger partial charge on any atom is -0.436 e. The molecule has 8 heteroatoms. The third kappa shape index (κ3) is 3.36. The van der Waals surface area contributed by atoms with E-state index in [1.165, 1.54) is 29.1 Å². The number of rotatable bonds is 4. The number of fused-ring (bicyclic) bond motifs is 1. The lowest BCUT2D eigenvalue weighted by molar-refractivity contribution is 0.0995. The molecular weight excluding hydrogens is 361 g/mol. The zero-order chi connectivity index (χ0) is 19.8. The molecule has 0 unspecified atom stereocenters. The van der Waals surface area contributed by atoms with Crippen LogP contribution in [0.1, 0.15) is 41.8 Å². The summed E-state index contributed by atoms with van der Waals surface area (Å²) in [4.78, 5) is 20.5. The molecule has 0 saturated carbocycles. The zero-order valence-electron chi connectivity index (χ0n) is 15.6. The van der Waals surface area contributed by atoms with Crippen LogP contribution in [-0.4, -0.2) is 25.7 Å². The van der Waals surface area contributed by atoms with Crippen molar-refractivity contribution in [3.05, 3.63) is 65.9 Å². The maximum Gasteiger partial charge on any atom is 0.293 e. The first-order valence-electron chi connectivity index (χ1n) is 8.80. The summed E-state index contributed by atoms with van der Waals surface area (Å²) in [6, 6.07) is 6.24. The van der Waals surface area contributed by atoms with Gasteiger partial charge in [0.15, 0.2) is 11.5 Å². The predicted octanol–water partition coefficient (Wildman–Crippen LogP) is 4.23. The van der Waals surface area contributed by atoms with Crippen molar-refractivity contribution in [1.82, 2.24) is 19.7 Å². The highest BCUT2D eigenvalue weighted by molar-refractivity contribution is 6.02. The van der Waals surface area contributed by atoms with Gasteiger partial charge in [-0.2, -0.15) is 0 Å². The van der Waals surface area contributed by atoms with Gasteiger partial charge in [0.05, 0.1) is 6.20 Å². The largest absolute Gasteiger partial charge is 0.436 e. The summed E-state index contributed by atoms with van der Waals surface area (Å²) in [5.41, 5.74) is 2.22. The van der Waals surface area contributed by atoms with E-state index in [0.717, 1.165) is 10.9 Å². The average Bonchev–Trinajstić information content (AvgIpc) is 3.28. The molecule has 4 aromatic rings. The number of aryl methyl sites for hydroxylation is 1. The van der Waals surface area contributed by atoms with Crippen LogP contribution in [0, 0.1) is 12.7 Å². The molecule has 0 aliphatic rings. The average molecular weight is 379 g/mol. The summed E-state index contributed by atoms with van der Waals surface area (Å²) in [5, 5.41) is 7.84. The van der Waals surface area contributed by atoms with E-state index >= 15 is 0 Å². The van der Waals surface area contributed by atoms with Gasteiger partial charge in [-0.15, -0.1) is 5.10 Å². The van der Waals surface area contributed by atoms with E-state index in [1.54, 1.807) is 19.3 Å². The summed E-state index contributed by atoms with van der Waals surface area (Å²) in [6.07, 6.45) is 4.84. The van der Waals surface area contributed by atoms with Crippen LogP contribution in [0.5, 0.6) is 0 Å². The Labute approximate surface area is 160 Å². The van der Waals surface area contributed by atoms with Crippen molar-refractivity contribution in [2.24, 2.45) is 0 Å². The van der Waals surface area contributed by atoms with E-state index in [1.807, 2.05) is 6.07 Å². The van der Waals surface area contributed by atoms with Gasteiger partial charge >= 0.3 is 0 Å². The molecule has 0 atom stereocenters. The third-order valence-electron chi connectivity index (χ3n) is 4.34. The molecule has 0 spiro atoms. The minimum atomic E-state index is -0.467. The molecule has 4 rings (SSSR count). The quantitative estimate of drug-likeness (QED) is 0.573. The molecule has 0 aliphatic carbocycles. The second-order valence-corrected chi connectivity index (χ2v) is 6.77. The number of anilines is 1. The van der Waals surface area contributed by atoms with Crippen LogP contribution in [0.4, 0.5) is 10.1 Å². The van der Waals surface area contributed by atoms with E-state index in [-0.39, 0.29) is 11.4 Å². The molecule has 3 heterocycles. The van der Waals surface area contributed by atoms with Gasteiger partial charge in [-0.1, -0.05) is 13.8 Å². The summed E-state index contributed by atoms with van der Waals surface area (Å²) >= 11 is 0. The second kappa shape index (κ2) is 6.88. The SMILES string of the molecule is Cc1ncc(C(=O)Nc2ccc(F)c(-n3cc4cc(C(C)C)cnc4n3)c2)o1. The predicted molar refractivity (Wildman–Crippen MR) is 102 cm³/mol. The Hall–Kier alpha value is -3.55. The number of halogens is 1. The number of oxazole rings is 1. The Kier molecular flexibility index (Phi) is 4.38. The maximum atomic E-state index is 14.4. The Morgan fingerprint density at radius 1 is 1.21 bits per heavy atom. The second-order valence-electron chi connectivity index (χ2n) is 6.77. The van der Waals surface area contributed by atoms with Crippen LogP contribution < -0.4 is 5.32 Å². The molecule has 28 heavy (non-hydrogen) atoms. The smallest absolute Gasteiger partial charge is 0.293 e. The number of hydrogen-bond donors (Lipinski definition) is 1. The van der Waals surface area contributed by atoms with Crippen molar-refractivity contribution < 1.29 is 13.6 Å². The molecule has 0 radical (unpaired) electrons. The summed E-state index contributed by atoms with van der Waals surface area (Å²) < 4.78 is 21.1. The van der Waals surface area contributed by atoms with E-state index in [4.69, 9.17) is 4.42 Å². The number of benzene rings is 1. The van der Waals surface area contributed by atoms with Crippen LogP contribution in [0.15, 0.2) is 47.3 Å². The Bertz CT molecular complexity index is 1180. The fraction of sp³-hybridized carbons (Fsp3) is 0.200. The number of pyridine rings is 1. The van der Waals surface area contributed by atoms with Gasteiger partial charge < -0.3 is 9.73 Å². The highest BCUT2D eigenvalue weighted by Gasteiger charge is 2.14. The van der Waals surface area contributed by atoms with Crippen molar-refractivity contribution >= 4 is 22.6 Å². The van der Waals surface area contributed by atoms with Crippen molar-refractivity contribution in [2.75, 3.05) is 5.32 Å². The van der Waals surface area contributed by atoms with Gasteiger partial charge in [0.1, 0.15) is 11.5 Å². The number of nitrogens with zero attached hydrogens (tertiary/aromatic N) is 4. The van der Waals surface area contributed by atoms with Crippen molar-refractivity contribution in [3.63, 3.8) is 0 Å². The van der Waals surface area contributed by atoms with Crippen LogP contribution in [-0.2, 0) is 0 Å². The van der Waals surface area contributed by atoms with Gasteiger partial charge in [0.2, 0.25) is 5.76 Å². The summed E-state index contributed by atoms with van der Waals surface area (Å²) in [6.45, 7) is 5.80. The van der Waals surface area contributed by atoms with Crippen LogP contribution >= 0.6 is 0 Å². The first-order valence-corrected chi connectivity index (χ1v) is 8.80. The molecule has 0 fully saturated rings. The first-order chi connectivity index (χ1) is 13.4. The number of nitrogens with one attached hydrogen (secondary N) is 1. The van der Waals surface area contributed by atoms with Crippen LogP contribution in [0.3, 0.4) is 0 Å². The molecular formula is C20H18FN5O2. The fourth-order valence-corrected chi connectivity index (χ4v) is 2.80. The lowest BCUT2D eigenvalue weighted by Crippen LogP contribution is -2.11. The van der Waals surface area contributed by atoms with E-state index < -0.39 is 11.7 Å². The Balaban J connectivity index is 1.67. The zero-order valence-corrected chi connectivity index (χ0v) is 15.6. The van der Waals surface area contributed by atoms with Gasteiger partial charge in [0, 0.05) is 30.4 Å². The Morgan fingerprint density at radius 3 is 2.75 bits per heavy atom. The normalized spacial score (nSPS) is 11.3. The molecule has 1 aromatic carbocycles. The fourth-order valence-electron chi connectivity index (χ4n) is 2.80. The molecule has 3 aromatic heterocycles. The molecule has 0 bridgehead atoms. The minimum absolute atomic E-state index is 0.0821. The third-order valence-corrected chi connectivity index (χ3v) is 4.34.